The molecule has 0 radical (unpaired) electrons. The molecule has 5 aromatic rings. The number of amides is 6. The fraction of sp³-hybridized carbons (Fsp3) is 0.388. The molecule has 2 aromatic heterocycles. The van der Waals surface area contributed by atoms with Gasteiger partial charge in [-0.15, -0.1) is 11.3 Å². The second kappa shape index (κ2) is 20.3. The van der Waals surface area contributed by atoms with Gasteiger partial charge in [-0.2, -0.15) is 0 Å². The van der Waals surface area contributed by atoms with E-state index in [-0.39, 0.29) is 73.5 Å². The van der Waals surface area contributed by atoms with E-state index in [1.165, 1.54) is 28.0 Å². The van der Waals surface area contributed by atoms with Crippen molar-refractivity contribution in [3.05, 3.63) is 111 Å². The van der Waals surface area contributed by atoms with E-state index in [0.717, 1.165) is 32.8 Å². The van der Waals surface area contributed by atoms with Gasteiger partial charge in [-0.25, -0.2) is 4.98 Å². The Kier molecular flexibility index (Phi) is 14.6. The van der Waals surface area contributed by atoms with E-state index in [9.17, 15) is 39.0 Å². The van der Waals surface area contributed by atoms with Gasteiger partial charge in [0.05, 0.1) is 33.8 Å². The number of likely N-dealkylation sites (tertiary alicyclic amines) is 1. The lowest BCUT2D eigenvalue weighted by molar-refractivity contribution is -0.144. The molecule has 4 atom stereocenters. The second-order valence-corrected chi connectivity index (χ2v) is 19.1. The Labute approximate surface area is 392 Å². The normalized spacial score (nSPS) is 17.1. The van der Waals surface area contributed by atoms with E-state index >= 15 is 0 Å². The van der Waals surface area contributed by atoms with Crippen LogP contribution in [0.25, 0.3) is 21.8 Å². The number of benzene rings is 3. The highest BCUT2D eigenvalue weighted by molar-refractivity contribution is 7.13. The first-order valence-corrected chi connectivity index (χ1v) is 23.0. The number of nitrogens with zero attached hydrogens (tertiary/aromatic N) is 4. The molecule has 1 fully saturated rings. The Morgan fingerprint density at radius 3 is 2.39 bits per heavy atom. The summed E-state index contributed by atoms with van der Waals surface area (Å²) in [6.07, 6.45) is 0.757. The third kappa shape index (κ3) is 11.2. The molecule has 6 N–H and O–H groups in total. The summed E-state index contributed by atoms with van der Waals surface area (Å²) in [6, 6.07) is 16.7. The summed E-state index contributed by atoms with van der Waals surface area (Å²) < 4.78 is 5.40. The van der Waals surface area contributed by atoms with Gasteiger partial charge in [0.25, 0.3) is 17.7 Å². The maximum Gasteiger partial charge on any atom is 0.273 e. The number of phenolic OH excluding ortho intramolecular Hbond substituents is 1. The Balaban J connectivity index is 0.885. The molecule has 3 heterocycles. The van der Waals surface area contributed by atoms with Crippen LogP contribution in [0, 0.1) is 12.3 Å². The molecule has 3 aromatic carbocycles. The number of thiazole rings is 1. The van der Waals surface area contributed by atoms with E-state index < -0.39 is 53.3 Å². The lowest BCUT2D eigenvalue weighted by Crippen LogP contribution is -2.57. The molecule has 352 valence electrons. The van der Waals surface area contributed by atoms with Gasteiger partial charge >= 0.3 is 0 Å². The highest BCUT2D eigenvalue weighted by Gasteiger charge is 2.44. The van der Waals surface area contributed by atoms with E-state index in [2.05, 4.69) is 31.4 Å². The molecule has 67 heavy (non-hydrogen) atoms. The topological polar surface area (TPSA) is 236 Å². The molecular formula is C49H56N8O9S. The number of aromatic nitrogens is 2. The summed E-state index contributed by atoms with van der Waals surface area (Å²) >= 11 is 1.56. The fourth-order valence-corrected chi connectivity index (χ4v) is 9.13. The highest BCUT2D eigenvalue weighted by Crippen LogP contribution is 2.34. The van der Waals surface area contributed by atoms with Crippen molar-refractivity contribution in [3.8, 4) is 27.5 Å². The van der Waals surface area contributed by atoms with Crippen molar-refractivity contribution in [2.45, 2.75) is 90.6 Å². The molecule has 0 spiro atoms. The third-order valence-corrected chi connectivity index (χ3v) is 13.0. The van der Waals surface area contributed by atoms with Gasteiger partial charge in [0, 0.05) is 63.8 Å². The summed E-state index contributed by atoms with van der Waals surface area (Å²) in [5.74, 6) is -2.47. The van der Waals surface area contributed by atoms with Gasteiger partial charge in [-0.1, -0.05) is 62.3 Å². The zero-order valence-corrected chi connectivity index (χ0v) is 39.2. The number of aliphatic hydroxyl groups is 1. The van der Waals surface area contributed by atoms with Crippen LogP contribution in [0.5, 0.6) is 5.75 Å². The molecule has 0 saturated carbocycles. The predicted octanol–water partition coefficient (Wildman–Crippen LogP) is 4.92. The Bertz CT molecular complexity index is 2670. The SMILES string of the molecule is Cc1ncsc1-c1ccc(CNC(=O)[C@@H]2C[C@@H](O)CN2C(=O)C(NC(=O)CCCNC(=O)c2ccc3c(c2)[C@H](NC(=O)c2cc(-c4ccc(C(=O)N(C)C)c(O)c4)on2)CC3)C(C)(C)C)cc1. The standard InChI is InChI=1S/C49H56N8O9S/c1-27-42(67-26-52-27)30-11-9-28(10-12-30)24-51-46(63)38-22-33(58)25-57(38)48(65)43(49(2,3)4)54-41(60)8-7-19-50-44(61)32-14-13-29-16-18-36(35(29)20-32)53-45(62)37-23-40(66-55-37)31-15-17-34(39(59)21-31)47(64)56(5)6/h9-15,17,20-21,23,26,33,36,38,43,58-59H,7-8,16,18-19,22,24-25H2,1-6H3,(H,50,61)(H,51,63)(H,53,62)(H,54,60)/t33-,36-,38+,43?/m1/s1. The van der Waals surface area contributed by atoms with Crippen molar-refractivity contribution in [2.75, 3.05) is 27.2 Å². The van der Waals surface area contributed by atoms with Crippen LogP contribution < -0.4 is 21.3 Å². The molecule has 0 bridgehead atoms. The fourth-order valence-electron chi connectivity index (χ4n) is 8.32. The van der Waals surface area contributed by atoms with Gasteiger partial charge in [0.2, 0.25) is 17.7 Å². The number of carbonyl (C=O) groups excluding carboxylic acids is 6. The first-order chi connectivity index (χ1) is 31.9. The summed E-state index contributed by atoms with van der Waals surface area (Å²) in [4.78, 5) is 87.8. The molecule has 2 aliphatic rings. The predicted molar refractivity (Wildman–Crippen MR) is 250 cm³/mol. The number of phenols is 1. The molecule has 17 nitrogen and oxygen atoms in total. The molecular weight excluding hydrogens is 877 g/mol. The molecule has 7 rings (SSSR count). The van der Waals surface area contributed by atoms with Crippen molar-refractivity contribution in [2.24, 2.45) is 5.41 Å². The number of hydrogen-bond donors (Lipinski definition) is 6. The molecule has 1 aliphatic carbocycles. The molecule has 1 unspecified atom stereocenters. The van der Waals surface area contributed by atoms with Gasteiger partial charge in [-0.3, -0.25) is 28.8 Å². The summed E-state index contributed by atoms with van der Waals surface area (Å²) in [7, 11) is 3.16. The molecule has 1 saturated heterocycles. The van der Waals surface area contributed by atoms with Crippen molar-refractivity contribution >= 4 is 46.8 Å². The minimum Gasteiger partial charge on any atom is -0.507 e. The average Bonchev–Trinajstić information content (AvgIpc) is 4.13. The molecule has 1 aliphatic heterocycles. The van der Waals surface area contributed by atoms with E-state index in [1.54, 1.807) is 49.1 Å². The van der Waals surface area contributed by atoms with Crippen LogP contribution in [0.1, 0.15) is 106 Å². The number of β-amino-alcohol motifs (C(OH)–C–C–N with tert-alkyl or cyclic N) is 1. The minimum absolute atomic E-state index is 0.0126. The number of aliphatic hydroxyl groups excluding tert-OH is 1. The van der Waals surface area contributed by atoms with E-state index in [4.69, 9.17) is 4.52 Å². The Morgan fingerprint density at radius 1 is 0.955 bits per heavy atom. The van der Waals surface area contributed by atoms with Gasteiger partial charge in [0.1, 0.15) is 17.8 Å². The van der Waals surface area contributed by atoms with Gasteiger partial charge in [-0.05, 0) is 78.1 Å². The lowest BCUT2D eigenvalue weighted by atomic mass is 9.85. The second-order valence-electron chi connectivity index (χ2n) is 18.3. The van der Waals surface area contributed by atoms with Crippen LogP contribution in [0.2, 0.25) is 0 Å². The van der Waals surface area contributed by atoms with Crippen molar-refractivity contribution < 1.29 is 43.5 Å². The number of rotatable bonds is 15. The van der Waals surface area contributed by atoms with Gasteiger partial charge in [0.15, 0.2) is 11.5 Å². The van der Waals surface area contributed by atoms with Crippen LogP contribution >= 0.6 is 11.3 Å². The van der Waals surface area contributed by atoms with Crippen LogP contribution in [0.15, 0.2) is 76.8 Å². The zero-order chi connectivity index (χ0) is 48.2. The van der Waals surface area contributed by atoms with Crippen molar-refractivity contribution in [1.82, 2.24) is 41.2 Å². The number of hydrogen-bond acceptors (Lipinski definition) is 12. The maximum absolute atomic E-state index is 14.1. The van der Waals surface area contributed by atoms with Crippen molar-refractivity contribution in [1.29, 1.82) is 0 Å². The first-order valence-electron chi connectivity index (χ1n) is 22.2. The van der Waals surface area contributed by atoms with Crippen LogP contribution in [0.4, 0.5) is 0 Å². The Morgan fingerprint density at radius 2 is 1.70 bits per heavy atom. The van der Waals surface area contributed by atoms with Crippen molar-refractivity contribution in [3.63, 3.8) is 0 Å². The lowest BCUT2D eigenvalue weighted by Gasteiger charge is -2.35. The number of aromatic hydroxyl groups is 1. The minimum atomic E-state index is -0.989. The van der Waals surface area contributed by atoms with E-state index in [1.807, 2.05) is 58.0 Å². The molecule has 18 heteroatoms. The van der Waals surface area contributed by atoms with Crippen LogP contribution in [0.3, 0.4) is 0 Å². The number of fused-ring (bicyclic) bond motifs is 1. The smallest absolute Gasteiger partial charge is 0.273 e. The van der Waals surface area contributed by atoms with E-state index in [0.29, 0.717) is 24.0 Å². The zero-order valence-electron chi connectivity index (χ0n) is 38.3. The number of aryl methyl sites for hydroxylation is 2. The van der Waals surface area contributed by atoms with Gasteiger partial charge < -0.3 is 45.8 Å². The van der Waals surface area contributed by atoms with Crippen LogP contribution in [-0.2, 0) is 27.3 Å². The average molecular weight is 933 g/mol. The monoisotopic (exact) mass is 932 g/mol. The largest absolute Gasteiger partial charge is 0.507 e. The third-order valence-electron chi connectivity index (χ3n) is 12.0. The Hall–Kier alpha value is -6.92. The maximum atomic E-state index is 14.1. The number of nitrogens with one attached hydrogen (secondary N) is 4. The quantitative estimate of drug-likeness (QED) is 0.0771. The summed E-state index contributed by atoms with van der Waals surface area (Å²) in [5.41, 5.74) is 6.67. The van der Waals surface area contributed by atoms with Crippen LogP contribution in [-0.4, -0.2) is 111 Å². The molecule has 6 amide bonds. The number of carbonyl (C=O) groups is 6. The summed E-state index contributed by atoms with van der Waals surface area (Å²) in [6.45, 7) is 7.77. The highest BCUT2D eigenvalue weighted by atomic mass is 32.1. The first kappa shape index (κ1) is 48.0. The summed E-state index contributed by atoms with van der Waals surface area (Å²) in [5, 5.41) is 36.6.